The van der Waals surface area contributed by atoms with E-state index in [0.717, 1.165) is 34.1 Å². The fraction of sp³-hybridized carbons (Fsp3) is 0.0385. The molecule has 0 amide bonds. The molecule has 0 saturated carbocycles. The summed E-state index contributed by atoms with van der Waals surface area (Å²) in [5.41, 5.74) is 13.1. The van der Waals surface area contributed by atoms with Crippen molar-refractivity contribution < 1.29 is 0 Å². The zero-order valence-electron chi connectivity index (χ0n) is 30.7. The van der Waals surface area contributed by atoms with Crippen LogP contribution in [0.4, 0.5) is 34.1 Å². The van der Waals surface area contributed by atoms with Crippen LogP contribution in [0.15, 0.2) is 188 Å². The van der Waals surface area contributed by atoms with Crippen LogP contribution in [0, 0.1) is 13.8 Å². The second-order valence-electron chi connectivity index (χ2n) is 14.9. The Morgan fingerprint density at radius 1 is 0.309 bits per heavy atom. The van der Waals surface area contributed by atoms with E-state index in [0.29, 0.717) is 0 Å². The van der Waals surface area contributed by atoms with Crippen LogP contribution in [0.25, 0.3) is 59.6 Å². The number of anilines is 6. The number of rotatable bonds is 6. The lowest BCUT2D eigenvalue weighted by molar-refractivity contribution is 1.28. The first-order valence-corrected chi connectivity index (χ1v) is 19.0. The largest absolute Gasteiger partial charge is 0.310 e. The highest BCUT2D eigenvalue weighted by atomic mass is 15.1. The molecule has 0 fully saturated rings. The molecule has 0 atom stereocenters. The third-order valence-electron chi connectivity index (χ3n) is 11.3. The molecule has 0 aliphatic carbocycles. The highest BCUT2D eigenvalue weighted by Gasteiger charge is 2.20. The summed E-state index contributed by atoms with van der Waals surface area (Å²) in [7, 11) is 0. The molecular formula is C52H37N3. The average Bonchev–Trinajstić information content (AvgIpc) is 3.71. The van der Waals surface area contributed by atoms with E-state index in [1.54, 1.807) is 0 Å². The van der Waals surface area contributed by atoms with Crippen molar-refractivity contribution in [3.05, 3.63) is 199 Å². The normalized spacial score (nSPS) is 11.8. The Morgan fingerprint density at radius 2 is 0.727 bits per heavy atom. The van der Waals surface area contributed by atoms with Crippen molar-refractivity contribution in [2.45, 2.75) is 13.8 Å². The van der Waals surface area contributed by atoms with E-state index in [9.17, 15) is 0 Å². The molecule has 0 unspecified atom stereocenters. The topological polar surface area (TPSA) is 10.9 Å². The Bertz CT molecular complexity index is 3020. The lowest BCUT2D eigenvalue weighted by Crippen LogP contribution is -2.09. The first-order valence-electron chi connectivity index (χ1n) is 19.0. The van der Waals surface area contributed by atoms with Crippen LogP contribution in [0.3, 0.4) is 0 Å². The van der Waals surface area contributed by atoms with Crippen molar-refractivity contribution in [2.75, 3.05) is 9.80 Å². The Kier molecular flexibility index (Phi) is 6.99. The number of aryl methyl sites for hydroxylation is 2. The average molecular weight is 704 g/mol. The molecule has 55 heavy (non-hydrogen) atoms. The van der Waals surface area contributed by atoms with Crippen LogP contribution >= 0.6 is 0 Å². The maximum atomic E-state index is 2.51. The molecule has 9 aromatic carbocycles. The molecule has 0 spiro atoms. The van der Waals surface area contributed by atoms with Crippen molar-refractivity contribution in [1.82, 2.24) is 4.40 Å². The van der Waals surface area contributed by atoms with Crippen LogP contribution in [0.5, 0.6) is 0 Å². The number of nitrogens with zero attached hydrogens (tertiary/aromatic N) is 3. The third-order valence-corrected chi connectivity index (χ3v) is 11.3. The van der Waals surface area contributed by atoms with Gasteiger partial charge in [-0.2, -0.15) is 0 Å². The summed E-state index contributed by atoms with van der Waals surface area (Å²) in [6, 6.07) is 69.0. The molecule has 260 valence electrons. The van der Waals surface area contributed by atoms with Crippen LogP contribution in [-0.4, -0.2) is 4.40 Å². The molecule has 0 N–H and O–H groups in total. The molecule has 0 aliphatic rings. The molecule has 3 nitrogen and oxygen atoms in total. The van der Waals surface area contributed by atoms with Gasteiger partial charge in [0.25, 0.3) is 0 Å². The van der Waals surface area contributed by atoms with Gasteiger partial charge in [-0.05, 0) is 144 Å². The highest BCUT2D eigenvalue weighted by Crippen LogP contribution is 2.44. The summed E-state index contributed by atoms with van der Waals surface area (Å²) >= 11 is 0. The fourth-order valence-electron chi connectivity index (χ4n) is 8.80. The minimum Gasteiger partial charge on any atom is -0.310 e. The minimum atomic E-state index is 1.14. The predicted molar refractivity (Wildman–Crippen MR) is 235 cm³/mol. The Labute approximate surface area is 319 Å². The maximum absolute atomic E-state index is 2.51. The van der Waals surface area contributed by atoms with E-state index in [-0.39, 0.29) is 0 Å². The number of para-hydroxylation sites is 3. The molecule has 11 aromatic rings. The van der Waals surface area contributed by atoms with Gasteiger partial charge in [0.1, 0.15) is 0 Å². The van der Waals surface area contributed by atoms with E-state index in [1.165, 1.54) is 70.8 Å². The van der Waals surface area contributed by atoms with Crippen LogP contribution in [0.1, 0.15) is 11.1 Å². The van der Waals surface area contributed by atoms with Gasteiger partial charge in [-0.3, -0.25) is 0 Å². The second kappa shape index (κ2) is 12.2. The van der Waals surface area contributed by atoms with E-state index in [4.69, 9.17) is 0 Å². The number of aromatic nitrogens is 1. The van der Waals surface area contributed by atoms with Crippen molar-refractivity contribution in [2.24, 2.45) is 0 Å². The molecule has 11 rings (SSSR count). The fourth-order valence-corrected chi connectivity index (χ4v) is 8.80. The van der Waals surface area contributed by atoms with Crippen LogP contribution < -0.4 is 9.80 Å². The van der Waals surface area contributed by atoms with Gasteiger partial charge < -0.3 is 14.2 Å². The number of hydrogen-bond acceptors (Lipinski definition) is 2. The van der Waals surface area contributed by atoms with Gasteiger partial charge in [0.15, 0.2) is 0 Å². The number of fused-ring (bicyclic) bond motifs is 8. The van der Waals surface area contributed by atoms with Gasteiger partial charge in [-0.25, -0.2) is 0 Å². The van der Waals surface area contributed by atoms with Crippen molar-refractivity contribution in [3.8, 4) is 0 Å². The third kappa shape index (κ3) is 5.04. The molecule has 0 aliphatic heterocycles. The predicted octanol–water partition coefficient (Wildman–Crippen LogP) is 14.7. The monoisotopic (exact) mass is 703 g/mol. The summed E-state index contributed by atoms with van der Waals surface area (Å²) in [4.78, 5) is 4.72. The molecule has 0 saturated heterocycles. The molecule has 0 bridgehead atoms. The number of hydrogen-bond donors (Lipinski definition) is 0. The quantitative estimate of drug-likeness (QED) is 0.171. The van der Waals surface area contributed by atoms with Crippen LogP contribution in [-0.2, 0) is 0 Å². The van der Waals surface area contributed by atoms with Gasteiger partial charge in [0.05, 0.1) is 16.6 Å². The van der Waals surface area contributed by atoms with Gasteiger partial charge in [-0.15, -0.1) is 0 Å². The zero-order chi connectivity index (χ0) is 36.6. The van der Waals surface area contributed by atoms with Crippen LogP contribution in [0.2, 0.25) is 0 Å². The highest BCUT2D eigenvalue weighted by molar-refractivity contribution is 6.26. The standard InChI is InChI=1S/C52H37N3/c1-34-12-9-18-42(26-34)53(40-14-5-3-6-15-40)44-24-22-36-30-48-46-20-11-21-47-49-31-37-23-25-45(54(41-16-7-4-8-17-41)43-19-10-13-35(2)27-43)29-39(37)33-51(49)55(52(46)47)50(48)32-38(36)28-44/h3-33H,1-2H3. The van der Waals surface area contributed by atoms with E-state index in [2.05, 4.69) is 216 Å². The summed E-state index contributed by atoms with van der Waals surface area (Å²) in [5.74, 6) is 0. The Balaban J connectivity index is 1.13. The van der Waals surface area contributed by atoms with Crippen molar-refractivity contribution in [1.29, 1.82) is 0 Å². The Hall–Kier alpha value is -7.10. The molecular weight excluding hydrogens is 667 g/mol. The summed E-state index contributed by atoms with van der Waals surface area (Å²) < 4.78 is 2.51. The minimum absolute atomic E-state index is 1.14. The zero-order valence-corrected chi connectivity index (χ0v) is 30.7. The van der Waals surface area contributed by atoms with Crippen molar-refractivity contribution >= 4 is 93.8 Å². The first kappa shape index (κ1) is 31.4. The smallest absolute Gasteiger partial charge is 0.0620 e. The summed E-state index contributed by atoms with van der Waals surface area (Å²) in [6.45, 7) is 4.31. The lowest BCUT2D eigenvalue weighted by atomic mass is 10.0. The second-order valence-corrected chi connectivity index (χ2v) is 14.9. The SMILES string of the molecule is Cc1cccc(N(c2ccccc2)c2ccc3cc4c5cccc6c7cc8ccc(N(c9ccccc9)c9cccc(C)c9)cc8cc7n(c4cc3c2)c56)c1. The van der Waals surface area contributed by atoms with Crippen molar-refractivity contribution in [3.63, 3.8) is 0 Å². The van der Waals surface area contributed by atoms with Gasteiger partial charge in [0, 0.05) is 55.7 Å². The lowest BCUT2D eigenvalue weighted by Gasteiger charge is -2.26. The molecule has 2 aromatic heterocycles. The van der Waals surface area contributed by atoms with E-state index >= 15 is 0 Å². The van der Waals surface area contributed by atoms with Gasteiger partial charge in [0.2, 0.25) is 0 Å². The molecule has 0 radical (unpaired) electrons. The number of benzene rings is 9. The first-order chi connectivity index (χ1) is 27.1. The van der Waals surface area contributed by atoms with E-state index in [1.807, 2.05) is 0 Å². The summed E-state index contributed by atoms with van der Waals surface area (Å²) in [5, 5.41) is 10.0. The Morgan fingerprint density at radius 3 is 1.18 bits per heavy atom. The maximum Gasteiger partial charge on any atom is 0.0620 e. The van der Waals surface area contributed by atoms with E-state index < -0.39 is 0 Å². The summed E-state index contributed by atoms with van der Waals surface area (Å²) in [6.07, 6.45) is 0. The van der Waals surface area contributed by atoms with Gasteiger partial charge >= 0.3 is 0 Å². The molecule has 3 heteroatoms. The van der Waals surface area contributed by atoms with Gasteiger partial charge in [-0.1, -0.05) is 91.0 Å². The molecule has 2 heterocycles.